The second-order valence-corrected chi connectivity index (χ2v) is 7.04. The van der Waals surface area contributed by atoms with E-state index in [-0.39, 0.29) is 0 Å². The Balaban J connectivity index is 2.23. The third-order valence-corrected chi connectivity index (χ3v) is 5.08. The lowest BCUT2D eigenvalue weighted by Crippen LogP contribution is -2.47. The molecule has 1 atom stereocenters. The molecule has 0 spiro atoms. The summed E-state index contributed by atoms with van der Waals surface area (Å²) in [7, 11) is 0.164. The van der Waals surface area contributed by atoms with Gasteiger partial charge in [-0.15, -0.1) is 0 Å². The number of piperidine rings is 1. The summed E-state index contributed by atoms with van der Waals surface area (Å²) in [6, 6.07) is 0. The molecule has 0 aromatic heterocycles. The third-order valence-electron chi connectivity index (χ3n) is 3.50. The first-order valence-corrected chi connectivity index (χ1v) is 9.00. The molecule has 1 heterocycles. The average Bonchev–Trinajstić information content (AvgIpc) is 2.47. The lowest BCUT2D eigenvalue weighted by molar-refractivity contribution is 0.0699. The van der Waals surface area contributed by atoms with Gasteiger partial charge in [-0.25, -0.2) is 4.72 Å². The van der Waals surface area contributed by atoms with E-state index in [0.29, 0.717) is 51.8 Å². The van der Waals surface area contributed by atoms with E-state index in [1.54, 1.807) is 11.4 Å². The minimum Gasteiger partial charge on any atom is -0.382 e. The van der Waals surface area contributed by atoms with Crippen LogP contribution >= 0.6 is 0 Å². The van der Waals surface area contributed by atoms with Crippen LogP contribution in [0.25, 0.3) is 0 Å². The molecular formula is C13H29N3O4S. The molecule has 7 nitrogen and oxygen atoms in total. The molecule has 0 radical (unpaired) electrons. The number of ether oxygens (including phenoxy) is 2. The molecule has 0 bridgehead atoms. The highest BCUT2D eigenvalue weighted by Crippen LogP contribution is 2.17. The van der Waals surface area contributed by atoms with Crippen LogP contribution in [0.1, 0.15) is 19.3 Å². The molecule has 0 aromatic carbocycles. The first-order chi connectivity index (χ1) is 10.1. The molecule has 1 fully saturated rings. The van der Waals surface area contributed by atoms with Crippen LogP contribution in [-0.4, -0.2) is 72.9 Å². The van der Waals surface area contributed by atoms with E-state index in [1.165, 1.54) is 0 Å². The summed E-state index contributed by atoms with van der Waals surface area (Å²) in [6.07, 6.45) is 2.67. The number of rotatable bonds is 11. The molecule has 21 heavy (non-hydrogen) atoms. The molecule has 126 valence electrons. The Morgan fingerprint density at radius 2 is 2.10 bits per heavy atom. The van der Waals surface area contributed by atoms with Gasteiger partial charge < -0.3 is 14.8 Å². The van der Waals surface area contributed by atoms with Gasteiger partial charge in [0, 0.05) is 33.4 Å². The van der Waals surface area contributed by atoms with Gasteiger partial charge >= 0.3 is 0 Å². The first kappa shape index (κ1) is 18.8. The molecular weight excluding hydrogens is 294 g/mol. The smallest absolute Gasteiger partial charge is 0.279 e. The molecule has 1 saturated heterocycles. The maximum absolute atomic E-state index is 12.2. The lowest BCUT2D eigenvalue weighted by Gasteiger charge is -2.31. The highest BCUT2D eigenvalue weighted by Gasteiger charge is 2.27. The molecule has 0 aromatic rings. The fraction of sp³-hybridized carbons (Fsp3) is 1.00. The second kappa shape index (κ2) is 10.5. The van der Waals surface area contributed by atoms with Crippen LogP contribution in [-0.2, 0) is 19.7 Å². The van der Waals surface area contributed by atoms with Crippen LogP contribution < -0.4 is 10.0 Å². The zero-order chi connectivity index (χ0) is 15.6. The predicted molar refractivity (Wildman–Crippen MR) is 82.5 cm³/mol. The molecule has 0 aliphatic carbocycles. The fourth-order valence-electron chi connectivity index (χ4n) is 2.41. The van der Waals surface area contributed by atoms with Crippen LogP contribution in [0.4, 0.5) is 0 Å². The largest absolute Gasteiger partial charge is 0.382 e. The van der Waals surface area contributed by atoms with E-state index < -0.39 is 10.2 Å². The first-order valence-electron chi connectivity index (χ1n) is 7.56. The van der Waals surface area contributed by atoms with Crippen molar-refractivity contribution < 1.29 is 17.9 Å². The standard InChI is InChI=1S/C13H29N3O4S/c1-14-11-13-5-3-7-16(12-13)21(17,18)15-6-4-8-20-10-9-19-2/h13-15H,3-12H2,1-2H3. The highest BCUT2D eigenvalue weighted by molar-refractivity contribution is 7.87. The van der Waals surface area contributed by atoms with Crippen LogP contribution in [0.2, 0.25) is 0 Å². The summed E-state index contributed by atoms with van der Waals surface area (Å²) in [5.74, 6) is 0.401. The summed E-state index contributed by atoms with van der Waals surface area (Å²) in [5, 5.41) is 3.12. The summed E-state index contributed by atoms with van der Waals surface area (Å²) in [6.45, 7) is 4.12. The molecule has 0 amide bonds. The van der Waals surface area contributed by atoms with Crippen LogP contribution in [0, 0.1) is 5.92 Å². The van der Waals surface area contributed by atoms with Crippen molar-refractivity contribution in [1.29, 1.82) is 0 Å². The Morgan fingerprint density at radius 3 is 2.81 bits per heavy atom. The van der Waals surface area contributed by atoms with Gasteiger partial charge in [0.25, 0.3) is 10.2 Å². The number of methoxy groups -OCH3 is 1. The van der Waals surface area contributed by atoms with Crippen molar-refractivity contribution >= 4 is 10.2 Å². The zero-order valence-electron chi connectivity index (χ0n) is 13.1. The summed E-state index contributed by atoms with van der Waals surface area (Å²) in [5.41, 5.74) is 0. The maximum Gasteiger partial charge on any atom is 0.279 e. The van der Waals surface area contributed by atoms with Crippen molar-refractivity contribution in [3.05, 3.63) is 0 Å². The van der Waals surface area contributed by atoms with Crippen LogP contribution in [0.5, 0.6) is 0 Å². The lowest BCUT2D eigenvalue weighted by atomic mass is 10.00. The van der Waals surface area contributed by atoms with E-state index in [9.17, 15) is 8.42 Å². The summed E-state index contributed by atoms with van der Waals surface area (Å²) < 4.78 is 38.8. The van der Waals surface area contributed by atoms with Crippen molar-refractivity contribution in [3.63, 3.8) is 0 Å². The van der Waals surface area contributed by atoms with Crippen LogP contribution in [0.3, 0.4) is 0 Å². The van der Waals surface area contributed by atoms with Crippen molar-refractivity contribution in [2.45, 2.75) is 19.3 Å². The molecule has 1 aliphatic heterocycles. The SMILES string of the molecule is CNCC1CCCN(S(=O)(=O)NCCCOCCOC)C1. The van der Waals surface area contributed by atoms with Crippen molar-refractivity contribution in [2.24, 2.45) is 5.92 Å². The third kappa shape index (κ3) is 7.53. The number of hydrogen-bond acceptors (Lipinski definition) is 5. The molecule has 8 heteroatoms. The topological polar surface area (TPSA) is 79.9 Å². The van der Waals surface area contributed by atoms with E-state index in [0.717, 1.165) is 19.4 Å². The predicted octanol–water partition coefficient (Wildman–Crippen LogP) is -0.195. The van der Waals surface area contributed by atoms with E-state index in [2.05, 4.69) is 10.0 Å². The van der Waals surface area contributed by atoms with Gasteiger partial charge in [-0.05, 0) is 38.8 Å². The Bertz CT molecular complexity index is 362. The highest BCUT2D eigenvalue weighted by atomic mass is 32.2. The van der Waals surface area contributed by atoms with Gasteiger partial charge in [0.2, 0.25) is 0 Å². The fourth-order valence-corrected chi connectivity index (χ4v) is 3.77. The van der Waals surface area contributed by atoms with Gasteiger partial charge in [0.1, 0.15) is 0 Å². The Hall–Kier alpha value is -0.250. The van der Waals surface area contributed by atoms with E-state index in [4.69, 9.17) is 9.47 Å². The van der Waals surface area contributed by atoms with Gasteiger partial charge in [-0.3, -0.25) is 0 Å². The minimum absolute atomic E-state index is 0.401. The second-order valence-electron chi connectivity index (χ2n) is 5.28. The van der Waals surface area contributed by atoms with Crippen molar-refractivity contribution in [1.82, 2.24) is 14.3 Å². The molecule has 1 aliphatic rings. The van der Waals surface area contributed by atoms with Gasteiger partial charge in [0.05, 0.1) is 13.2 Å². The maximum atomic E-state index is 12.2. The van der Waals surface area contributed by atoms with Gasteiger partial charge in [-0.1, -0.05) is 0 Å². The van der Waals surface area contributed by atoms with Crippen molar-refractivity contribution in [2.75, 3.05) is 60.2 Å². The monoisotopic (exact) mass is 323 g/mol. The summed E-state index contributed by atoms with van der Waals surface area (Å²) in [4.78, 5) is 0. The van der Waals surface area contributed by atoms with Crippen molar-refractivity contribution in [3.8, 4) is 0 Å². The quantitative estimate of drug-likeness (QED) is 0.515. The summed E-state index contributed by atoms with van der Waals surface area (Å²) >= 11 is 0. The Kier molecular flexibility index (Phi) is 9.37. The van der Waals surface area contributed by atoms with Crippen LogP contribution in [0.15, 0.2) is 0 Å². The molecule has 2 N–H and O–H groups in total. The molecule has 1 unspecified atom stereocenters. The number of hydrogen-bond donors (Lipinski definition) is 2. The molecule has 0 saturated carbocycles. The molecule has 1 rings (SSSR count). The van der Waals surface area contributed by atoms with Gasteiger partial charge in [0.15, 0.2) is 0 Å². The average molecular weight is 323 g/mol. The van der Waals surface area contributed by atoms with E-state index in [1.807, 2.05) is 7.05 Å². The number of nitrogens with zero attached hydrogens (tertiary/aromatic N) is 1. The Morgan fingerprint density at radius 1 is 1.29 bits per heavy atom. The van der Waals surface area contributed by atoms with Gasteiger partial charge in [-0.2, -0.15) is 12.7 Å². The van der Waals surface area contributed by atoms with E-state index >= 15 is 0 Å². The number of nitrogens with one attached hydrogen (secondary N) is 2. The normalized spacial score (nSPS) is 20.8. The minimum atomic E-state index is -3.36. The Labute approximate surface area is 128 Å². The zero-order valence-corrected chi connectivity index (χ0v) is 14.0.